The number of hydrogen-bond acceptors (Lipinski definition) is 4. The van der Waals surface area contributed by atoms with Crippen molar-refractivity contribution >= 4 is 33.4 Å². The summed E-state index contributed by atoms with van der Waals surface area (Å²) < 4.78 is 6.26. The average molecular weight is 297 g/mol. The molecule has 0 bridgehead atoms. The fourth-order valence-corrected chi connectivity index (χ4v) is 2.92. The maximum absolute atomic E-state index is 10.2. The van der Waals surface area contributed by atoms with E-state index in [1.165, 1.54) is 16.9 Å². The molecule has 0 radical (unpaired) electrons. The number of aromatic nitrogens is 1. The molecule has 0 unspecified atom stereocenters. The lowest BCUT2D eigenvalue weighted by Gasteiger charge is -1.99. The second kappa shape index (κ2) is 5.58. The molecule has 3 nitrogen and oxygen atoms in total. The molecular weight excluding hydrogens is 282 g/mol. The Kier molecular flexibility index (Phi) is 3.62. The van der Waals surface area contributed by atoms with Crippen molar-refractivity contribution < 1.29 is 9.84 Å². The number of thiazole rings is 1. The van der Waals surface area contributed by atoms with Gasteiger partial charge in [-0.25, -0.2) is 4.98 Å². The van der Waals surface area contributed by atoms with E-state index in [9.17, 15) is 5.11 Å². The van der Waals surface area contributed by atoms with E-state index in [2.05, 4.69) is 4.98 Å². The van der Waals surface area contributed by atoms with Gasteiger partial charge < -0.3 is 9.84 Å². The summed E-state index contributed by atoms with van der Waals surface area (Å²) in [5, 5.41) is 11.0. The van der Waals surface area contributed by atoms with Crippen LogP contribution in [-0.2, 0) is 0 Å². The molecule has 21 heavy (non-hydrogen) atoms. The number of nitrogens with zero attached hydrogens (tertiary/aromatic N) is 1. The van der Waals surface area contributed by atoms with Gasteiger partial charge in [-0.3, -0.25) is 0 Å². The number of aliphatic hydroxyl groups is 1. The maximum atomic E-state index is 10.2. The zero-order valence-electron chi connectivity index (χ0n) is 11.8. The van der Waals surface area contributed by atoms with Crippen molar-refractivity contribution in [2.45, 2.75) is 6.92 Å². The molecule has 0 spiro atoms. The van der Waals surface area contributed by atoms with Gasteiger partial charge in [-0.1, -0.05) is 29.8 Å². The summed E-state index contributed by atoms with van der Waals surface area (Å²) in [5.41, 5.74) is 2.83. The van der Waals surface area contributed by atoms with Gasteiger partial charge in [0.05, 0.1) is 17.3 Å². The molecular formula is C17H15NO2S. The molecule has 106 valence electrons. The van der Waals surface area contributed by atoms with Crippen LogP contribution in [0.5, 0.6) is 5.75 Å². The first-order valence-electron chi connectivity index (χ1n) is 6.58. The maximum Gasteiger partial charge on any atom is 0.125 e. The quantitative estimate of drug-likeness (QED) is 0.714. The van der Waals surface area contributed by atoms with Crippen molar-refractivity contribution in [3.63, 3.8) is 0 Å². The van der Waals surface area contributed by atoms with Crippen LogP contribution >= 0.6 is 11.3 Å². The third kappa shape index (κ3) is 2.90. The van der Waals surface area contributed by atoms with Gasteiger partial charge in [-0.05, 0) is 19.1 Å². The number of hydrogen-bond donors (Lipinski definition) is 1. The molecule has 0 fully saturated rings. The van der Waals surface area contributed by atoms with Gasteiger partial charge in [0.1, 0.15) is 16.5 Å². The summed E-state index contributed by atoms with van der Waals surface area (Å²) in [6.45, 7) is 2.02. The van der Waals surface area contributed by atoms with Gasteiger partial charge >= 0.3 is 0 Å². The van der Waals surface area contributed by atoms with Crippen molar-refractivity contribution in [2.75, 3.05) is 7.11 Å². The normalized spacial score (nSPS) is 11.8. The largest absolute Gasteiger partial charge is 0.507 e. The Labute approximate surface area is 127 Å². The Balaban J connectivity index is 1.96. The number of rotatable bonds is 3. The third-order valence-electron chi connectivity index (χ3n) is 3.22. The van der Waals surface area contributed by atoms with E-state index in [0.717, 1.165) is 26.5 Å². The topological polar surface area (TPSA) is 42.4 Å². The standard InChI is InChI=1S/C17H15NO2S/c1-11-3-5-12(6-4-11)15(19)10-17-18-14-9-13(20-2)7-8-16(14)21-17/h3-10,19H,1-2H3. The monoisotopic (exact) mass is 297 g/mol. The van der Waals surface area contributed by atoms with E-state index in [1.807, 2.05) is 49.4 Å². The van der Waals surface area contributed by atoms with E-state index in [0.29, 0.717) is 0 Å². The minimum Gasteiger partial charge on any atom is -0.507 e. The van der Waals surface area contributed by atoms with Gasteiger partial charge in [0, 0.05) is 17.7 Å². The molecule has 2 aromatic carbocycles. The summed E-state index contributed by atoms with van der Waals surface area (Å²) in [6, 6.07) is 13.5. The van der Waals surface area contributed by atoms with Crippen molar-refractivity contribution in [2.24, 2.45) is 0 Å². The van der Waals surface area contributed by atoms with Gasteiger partial charge in [0.2, 0.25) is 0 Å². The molecule has 1 aromatic heterocycles. The van der Waals surface area contributed by atoms with Crippen LogP contribution in [-0.4, -0.2) is 17.2 Å². The second-order valence-electron chi connectivity index (χ2n) is 4.78. The fourth-order valence-electron chi connectivity index (χ4n) is 2.04. The molecule has 1 N–H and O–H groups in total. The minimum absolute atomic E-state index is 0.223. The van der Waals surface area contributed by atoms with Gasteiger partial charge in [0.15, 0.2) is 0 Å². The molecule has 3 rings (SSSR count). The molecule has 0 saturated heterocycles. The van der Waals surface area contributed by atoms with Gasteiger partial charge in [0.25, 0.3) is 0 Å². The minimum atomic E-state index is 0.223. The molecule has 3 aromatic rings. The van der Waals surface area contributed by atoms with Crippen LogP contribution in [0.2, 0.25) is 0 Å². The summed E-state index contributed by atoms with van der Waals surface area (Å²) in [6.07, 6.45) is 1.70. The lowest BCUT2D eigenvalue weighted by molar-refractivity contribution is 0.415. The Bertz CT molecular complexity index is 803. The number of methoxy groups -OCH3 is 1. The summed E-state index contributed by atoms with van der Waals surface area (Å²) in [4.78, 5) is 4.51. The van der Waals surface area contributed by atoms with E-state index in [4.69, 9.17) is 4.74 Å². The van der Waals surface area contributed by atoms with E-state index >= 15 is 0 Å². The van der Waals surface area contributed by atoms with Crippen LogP contribution < -0.4 is 4.74 Å². The molecule has 1 heterocycles. The molecule has 0 aliphatic carbocycles. The lowest BCUT2D eigenvalue weighted by Crippen LogP contribution is -1.83. The van der Waals surface area contributed by atoms with Crippen molar-refractivity contribution in [3.8, 4) is 5.75 Å². The highest BCUT2D eigenvalue weighted by Crippen LogP contribution is 2.28. The van der Waals surface area contributed by atoms with Crippen molar-refractivity contribution in [1.29, 1.82) is 0 Å². The number of aliphatic hydroxyl groups excluding tert-OH is 1. The van der Waals surface area contributed by atoms with Crippen LogP contribution in [0.15, 0.2) is 42.5 Å². The highest BCUT2D eigenvalue weighted by molar-refractivity contribution is 7.19. The SMILES string of the molecule is COc1ccc2sc(C=C(O)c3ccc(C)cc3)nc2c1. The highest BCUT2D eigenvalue weighted by Gasteiger charge is 2.05. The predicted octanol–water partition coefficient (Wildman–Crippen LogP) is 4.67. The van der Waals surface area contributed by atoms with Crippen LogP contribution in [0.4, 0.5) is 0 Å². The highest BCUT2D eigenvalue weighted by atomic mass is 32.1. The van der Waals surface area contributed by atoms with E-state index in [-0.39, 0.29) is 5.76 Å². The Morgan fingerprint density at radius 1 is 1.19 bits per heavy atom. The van der Waals surface area contributed by atoms with Gasteiger partial charge in [-0.2, -0.15) is 0 Å². The fraction of sp³-hybridized carbons (Fsp3) is 0.118. The number of fused-ring (bicyclic) bond motifs is 1. The van der Waals surface area contributed by atoms with E-state index in [1.54, 1.807) is 13.2 Å². The number of benzene rings is 2. The predicted molar refractivity (Wildman–Crippen MR) is 87.9 cm³/mol. The molecule has 0 aliphatic heterocycles. The summed E-state index contributed by atoms with van der Waals surface area (Å²) >= 11 is 1.54. The first kappa shape index (κ1) is 13.6. The van der Waals surface area contributed by atoms with E-state index < -0.39 is 0 Å². The van der Waals surface area contributed by atoms with Crippen LogP contribution in [0.1, 0.15) is 16.1 Å². The summed E-state index contributed by atoms with van der Waals surface area (Å²) in [7, 11) is 1.64. The van der Waals surface area contributed by atoms with Gasteiger partial charge in [-0.15, -0.1) is 11.3 Å². The first-order valence-corrected chi connectivity index (χ1v) is 7.39. The first-order chi connectivity index (χ1) is 10.2. The number of aryl methyl sites for hydroxylation is 1. The average Bonchev–Trinajstić information content (AvgIpc) is 2.88. The second-order valence-corrected chi connectivity index (χ2v) is 5.84. The Hall–Kier alpha value is -2.33. The smallest absolute Gasteiger partial charge is 0.125 e. The van der Waals surface area contributed by atoms with Crippen molar-refractivity contribution in [1.82, 2.24) is 4.98 Å². The summed E-state index contributed by atoms with van der Waals surface area (Å²) in [5.74, 6) is 1.01. The molecule has 0 saturated carbocycles. The molecule has 0 atom stereocenters. The molecule has 0 aliphatic rings. The Morgan fingerprint density at radius 2 is 1.95 bits per heavy atom. The van der Waals surface area contributed by atoms with Crippen LogP contribution in [0.25, 0.3) is 22.1 Å². The molecule has 4 heteroatoms. The lowest BCUT2D eigenvalue weighted by atomic mass is 10.1. The third-order valence-corrected chi connectivity index (χ3v) is 4.20. The zero-order chi connectivity index (χ0) is 14.8. The molecule has 0 amide bonds. The zero-order valence-corrected chi connectivity index (χ0v) is 12.6. The van der Waals surface area contributed by atoms with Crippen molar-refractivity contribution in [3.05, 3.63) is 58.6 Å². The van der Waals surface area contributed by atoms with Crippen LogP contribution in [0, 0.1) is 6.92 Å². The van der Waals surface area contributed by atoms with Crippen LogP contribution in [0.3, 0.4) is 0 Å². The number of ether oxygens (including phenoxy) is 1. The Morgan fingerprint density at radius 3 is 2.67 bits per heavy atom.